The van der Waals surface area contributed by atoms with Crippen LogP contribution in [0.4, 0.5) is 0 Å². The maximum atomic E-state index is 13.0. The summed E-state index contributed by atoms with van der Waals surface area (Å²) in [5.41, 5.74) is 6.87. The first-order valence-corrected chi connectivity index (χ1v) is 13.0. The fraction of sp³-hybridized carbons (Fsp3) is 0.107. The smallest absolute Gasteiger partial charge is 0.288 e. The molecule has 0 unspecified atom stereocenters. The summed E-state index contributed by atoms with van der Waals surface area (Å²) in [5, 5.41) is 5.56. The highest BCUT2D eigenvalue weighted by molar-refractivity contribution is 7.80. The molecule has 0 bridgehead atoms. The molecule has 5 rings (SSSR count). The Morgan fingerprint density at radius 3 is 2.49 bits per heavy atom. The summed E-state index contributed by atoms with van der Waals surface area (Å²) in [5.74, 6) is -1.28. The van der Waals surface area contributed by atoms with Crippen molar-refractivity contribution in [3.63, 3.8) is 0 Å². The molecule has 2 heterocycles. The van der Waals surface area contributed by atoms with Gasteiger partial charge in [-0.2, -0.15) is 0 Å². The van der Waals surface area contributed by atoms with Crippen LogP contribution < -0.4 is 16.2 Å². The second-order valence-electron chi connectivity index (χ2n) is 8.76. The number of hydrogen-bond acceptors (Lipinski definition) is 5. The van der Waals surface area contributed by atoms with E-state index in [1.807, 2.05) is 0 Å². The number of amides is 3. The normalized spacial score (nSPS) is 13.2. The SMILES string of the molecule is O=C(NNC(=S)N[C@H](Cc1ccc(Cl)cc1Cl)CN1C(=O)c2ccccc2C1=O)c1nccc2c[c]ccc12. The molecule has 4 aromatic rings. The van der Waals surface area contributed by atoms with Crippen molar-refractivity contribution in [2.45, 2.75) is 12.5 Å². The zero-order valence-corrected chi connectivity index (χ0v) is 22.5. The number of aromatic nitrogens is 1. The van der Waals surface area contributed by atoms with Crippen molar-refractivity contribution in [2.75, 3.05) is 6.54 Å². The van der Waals surface area contributed by atoms with Gasteiger partial charge in [-0.05, 0) is 72.1 Å². The summed E-state index contributed by atoms with van der Waals surface area (Å²) in [6.07, 6.45) is 1.84. The van der Waals surface area contributed by atoms with Gasteiger partial charge in [0.15, 0.2) is 5.11 Å². The van der Waals surface area contributed by atoms with E-state index in [0.29, 0.717) is 33.0 Å². The van der Waals surface area contributed by atoms with Crippen LogP contribution in [0.2, 0.25) is 10.0 Å². The van der Waals surface area contributed by atoms with Crippen LogP contribution in [0.15, 0.2) is 72.9 Å². The fourth-order valence-electron chi connectivity index (χ4n) is 4.37. The van der Waals surface area contributed by atoms with E-state index in [-0.39, 0.29) is 17.4 Å². The predicted octanol–water partition coefficient (Wildman–Crippen LogP) is 4.36. The molecule has 1 radical (unpaired) electrons. The molecular weight excluding hydrogens is 557 g/mol. The Balaban J connectivity index is 1.31. The Morgan fingerprint density at radius 2 is 1.77 bits per heavy atom. The van der Waals surface area contributed by atoms with Gasteiger partial charge < -0.3 is 5.32 Å². The van der Waals surface area contributed by atoms with Crippen molar-refractivity contribution in [3.8, 4) is 0 Å². The molecule has 1 atom stereocenters. The molecule has 1 aromatic heterocycles. The molecule has 0 fully saturated rings. The molecule has 11 heteroatoms. The van der Waals surface area contributed by atoms with E-state index in [1.54, 1.807) is 66.7 Å². The van der Waals surface area contributed by atoms with Gasteiger partial charge in [-0.25, -0.2) is 0 Å². The lowest BCUT2D eigenvalue weighted by atomic mass is 10.1. The number of thiocarbonyl (C=S) groups is 1. The molecule has 0 aliphatic carbocycles. The van der Waals surface area contributed by atoms with Crippen molar-refractivity contribution in [2.24, 2.45) is 0 Å². The second-order valence-corrected chi connectivity index (χ2v) is 10.0. The lowest BCUT2D eigenvalue weighted by Crippen LogP contribution is -2.53. The van der Waals surface area contributed by atoms with Crippen LogP contribution in [-0.4, -0.2) is 45.3 Å². The van der Waals surface area contributed by atoms with Gasteiger partial charge >= 0.3 is 0 Å². The number of imide groups is 1. The topological polar surface area (TPSA) is 103 Å². The quantitative estimate of drug-likeness (QED) is 0.178. The summed E-state index contributed by atoms with van der Waals surface area (Å²) >= 11 is 17.9. The molecular formula is C28H20Cl2N5O3S. The van der Waals surface area contributed by atoms with E-state index >= 15 is 0 Å². The number of hydrazine groups is 1. The molecule has 0 saturated heterocycles. The van der Waals surface area contributed by atoms with Crippen LogP contribution in [0, 0.1) is 6.07 Å². The highest BCUT2D eigenvalue weighted by atomic mass is 35.5. The Kier molecular flexibility index (Phi) is 7.74. The van der Waals surface area contributed by atoms with Crippen molar-refractivity contribution < 1.29 is 14.4 Å². The van der Waals surface area contributed by atoms with Gasteiger partial charge in [-0.3, -0.25) is 35.1 Å². The second kappa shape index (κ2) is 11.4. The fourth-order valence-corrected chi connectivity index (χ4v) is 5.08. The highest BCUT2D eigenvalue weighted by Gasteiger charge is 2.36. The molecule has 3 aromatic carbocycles. The summed E-state index contributed by atoms with van der Waals surface area (Å²) < 4.78 is 0. The number of nitrogens with one attached hydrogen (secondary N) is 3. The Bertz CT molecular complexity index is 1590. The van der Waals surface area contributed by atoms with Gasteiger partial charge in [0.2, 0.25) is 0 Å². The van der Waals surface area contributed by atoms with Gasteiger partial charge in [-0.1, -0.05) is 53.5 Å². The third-order valence-corrected chi connectivity index (χ3v) is 7.02. The molecule has 0 saturated carbocycles. The summed E-state index contributed by atoms with van der Waals surface area (Å²) in [6, 6.07) is 21.2. The third kappa shape index (κ3) is 5.70. The Labute approximate surface area is 239 Å². The van der Waals surface area contributed by atoms with Crippen LogP contribution in [0.3, 0.4) is 0 Å². The van der Waals surface area contributed by atoms with Crippen LogP contribution in [0.5, 0.6) is 0 Å². The number of nitrogens with zero attached hydrogens (tertiary/aromatic N) is 2. The lowest BCUT2D eigenvalue weighted by Gasteiger charge is -2.25. The summed E-state index contributed by atoms with van der Waals surface area (Å²) in [7, 11) is 0. The first kappa shape index (κ1) is 26.6. The predicted molar refractivity (Wildman–Crippen MR) is 153 cm³/mol. The van der Waals surface area contributed by atoms with Crippen molar-refractivity contribution in [1.82, 2.24) is 26.1 Å². The van der Waals surface area contributed by atoms with Gasteiger partial charge in [0.1, 0.15) is 5.69 Å². The summed E-state index contributed by atoms with van der Waals surface area (Å²) in [4.78, 5) is 44.2. The van der Waals surface area contributed by atoms with Gasteiger partial charge in [0.05, 0.1) is 17.2 Å². The van der Waals surface area contributed by atoms with Gasteiger partial charge in [-0.15, -0.1) is 0 Å². The first-order chi connectivity index (χ1) is 18.8. The molecule has 3 amide bonds. The monoisotopic (exact) mass is 576 g/mol. The largest absolute Gasteiger partial charge is 0.356 e. The number of pyridine rings is 1. The highest BCUT2D eigenvalue weighted by Crippen LogP contribution is 2.25. The molecule has 8 nitrogen and oxygen atoms in total. The number of carbonyl (C=O) groups excluding carboxylic acids is 3. The van der Waals surface area contributed by atoms with Crippen LogP contribution >= 0.6 is 35.4 Å². The minimum atomic E-state index is -0.547. The number of benzene rings is 3. The van der Waals surface area contributed by atoms with Crippen molar-refractivity contribution in [1.29, 1.82) is 0 Å². The van der Waals surface area contributed by atoms with E-state index in [9.17, 15) is 14.4 Å². The van der Waals surface area contributed by atoms with Crippen LogP contribution in [-0.2, 0) is 6.42 Å². The maximum Gasteiger partial charge on any atom is 0.288 e. The molecule has 195 valence electrons. The third-order valence-electron chi connectivity index (χ3n) is 6.21. The first-order valence-electron chi connectivity index (χ1n) is 11.8. The Hall–Kier alpha value is -4.05. The molecule has 1 aliphatic heterocycles. The van der Waals surface area contributed by atoms with E-state index < -0.39 is 23.8 Å². The standard InChI is InChI=1S/C28H20Cl2N5O3S/c29-18-10-9-17(23(30)14-18)13-19(15-35-26(37)21-7-3-4-8-22(21)27(35)38)32-28(39)34-33-25(36)24-20-6-2-1-5-16(20)11-12-31-24/h2-12,14,19H,13,15H2,(H,33,36)(H2,32,34,39)/t19-/m1/s1. The van der Waals surface area contributed by atoms with Crippen molar-refractivity contribution in [3.05, 3.63) is 111 Å². The zero-order chi connectivity index (χ0) is 27.5. The maximum absolute atomic E-state index is 13.0. The minimum Gasteiger partial charge on any atom is -0.356 e. The average Bonchev–Trinajstić information content (AvgIpc) is 3.17. The van der Waals surface area contributed by atoms with E-state index in [0.717, 1.165) is 10.9 Å². The molecule has 1 aliphatic rings. The van der Waals surface area contributed by atoms with Crippen LogP contribution in [0.25, 0.3) is 10.8 Å². The Morgan fingerprint density at radius 1 is 1.03 bits per heavy atom. The molecule has 3 N–H and O–H groups in total. The van der Waals surface area contributed by atoms with Gasteiger partial charge in [0.25, 0.3) is 17.7 Å². The van der Waals surface area contributed by atoms with E-state index in [4.69, 9.17) is 35.4 Å². The average molecular weight is 577 g/mol. The molecule has 0 spiro atoms. The number of rotatable bonds is 6. The van der Waals surface area contributed by atoms with E-state index in [2.05, 4.69) is 27.2 Å². The van der Waals surface area contributed by atoms with Gasteiger partial charge in [0, 0.05) is 28.2 Å². The van der Waals surface area contributed by atoms with Crippen LogP contribution in [0.1, 0.15) is 36.8 Å². The minimum absolute atomic E-state index is 0.00243. The number of carbonyl (C=O) groups is 3. The van der Waals surface area contributed by atoms with Crippen molar-refractivity contribution >= 4 is 69.0 Å². The number of halogens is 2. The summed E-state index contributed by atoms with van der Waals surface area (Å²) in [6.45, 7) is 0.00243. The number of hydrogen-bond donors (Lipinski definition) is 3. The zero-order valence-electron chi connectivity index (χ0n) is 20.2. The lowest BCUT2D eigenvalue weighted by molar-refractivity contribution is 0.0641. The number of fused-ring (bicyclic) bond motifs is 2. The molecule has 39 heavy (non-hydrogen) atoms. The van der Waals surface area contributed by atoms with E-state index in [1.165, 1.54) is 11.1 Å².